The van der Waals surface area contributed by atoms with Crippen molar-refractivity contribution in [3.05, 3.63) is 69.9 Å². The van der Waals surface area contributed by atoms with Gasteiger partial charge in [-0.25, -0.2) is 0 Å². The third-order valence-electron chi connectivity index (χ3n) is 3.49. The minimum Gasteiger partial charge on any atom is -0.453 e. The van der Waals surface area contributed by atoms with E-state index in [0.29, 0.717) is 16.7 Å². The molecule has 0 unspecified atom stereocenters. The number of benzene rings is 1. The van der Waals surface area contributed by atoms with Crippen LogP contribution in [0.5, 0.6) is 0 Å². The van der Waals surface area contributed by atoms with Gasteiger partial charge in [-0.15, -0.1) is 0 Å². The standard InChI is InChI=1S/C17H15N3O5/c1-24-9-10-6-7-14(25-10)17(23)20-19-16(22)12-8-18-13-5-3-2-4-11(13)15(12)21/h2-8H,9H2,1H3,(H,18,21)(H,19,22)(H,20,23). The summed E-state index contributed by atoms with van der Waals surface area (Å²) in [5.41, 5.74) is 4.47. The van der Waals surface area contributed by atoms with E-state index in [1.165, 1.54) is 19.4 Å². The van der Waals surface area contributed by atoms with E-state index in [1.54, 1.807) is 30.3 Å². The summed E-state index contributed by atoms with van der Waals surface area (Å²) in [4.78, 5) is 39.3. The van der Waals surface area contributed by atoms with E-state index in [2.05, 4.69) is 15.8 Å². The Labute approximate surface area is 141 Å². The second-order valence-corrected chi connectivity index (χ2v) is 5.18. The summed E-state index contributed by atoms with van der Waals surface area (Å²) in [5, 5.41) is 0.386. The predicted octanol–water partition coefficient (Wildman–Crippen LogP) is 1.34. The maximum absolute atomic E-state index is 12.3. The Morgan fingerprint density at radius 1 is 1.12 bits per heavy atom. The first-order chi connectivity index (χ1) is 12.1. The van der Waals surface area contributed by atoms with Crippen LogP contribution in [0.25, 0.3) is 10.9 Å². The Kier molecular flexibility index (Phi) is 4.62. The minimum absolute atomic E-state index is 0.0137. The van der Waals surface area contributed by atoms with Crippen LogP contribution in [0, 0.1) is 0 Å². The number of para-hydroxylation sites is 1. The predicted molar refractivity (Wildman–Crippen MR) is 88.9 cm³/mol. The van der Waals surface area contributed by atoms with Crippen molar-refractivity contribution in [3.63, 3.8) is 0 Å². The molecule has 25 heavy (non-hydrogen) atoms. The molecule has 0 bridgehead atoms. The van der Waals surface area contributed by atoms with Crippen molar-refractivity contribution in [1.29, 1.82) is 0 Å². The highest BCUT2D eigenvalue weighted by Gasteiger charge is 2.16. The van der Waals surface area contributed by atoms with Gasteiger partial charge in [-0.2, -0.15) is 0 Å². The molecule has 1 aromatic carbocycles. The monoisotopic (exact) mass is 341 g/mol. The number of fused-ring (bicyclic) bond motifs is 1. The van der Waals surface area contributed by atoms with Crippen LogP contribution >= 0.6 is 0 Å². The summed E-state index contributed by atoms with van der Waals surface area (Å²) in [5.74, 6) is -0.887. The fraction of sp³-hybridized carbons (Fsp3) is 0.118. The smallest absolute Gasteiger partial charge is 0.305 e. The molecule has 0 atom stereocenters. The Morgan fingerprint density at radius 3 is 2.68 bits per heavy atom. The third-order valence-corrected chi connectivity index (χ3v) is 3.49. The van der Waals surface area contributed by atoms with E-state index in [4.69, 9.17) is 9.15 Å². The van der Waals surface area contributed by atoms with E-state index in [-0.39, 0.29) is 17.9 Å². The average molecular weight is 341 g/mol. The lowest BCUT2D eigenvalue weighted by atomic mass is 10.1. The summed E-state index contributed by atoms with van der Waals surface area (Å²) in [6, 6.07) is 9.88. The summed E-state index contributed by atoms with van der Waals surface area (Å²) in [6.45, 7) is 0.228. The number of hydrazine groups is 1. The second kappa shape index (κ2) is 7.02. The number of ether oxygens (including phenoxy) is 1. The Bertz CT molecular complexity index is 989. The quantitative estimate of drug-likeness (QED) is 0.620. The molecule has 2 amide bonds. The molecule has 2 heterocycles. The number of methoxy groups -OCH3 is 1. The lowest BCUT2D eigenvalue weighted by Gasteiger charge is -2.06. The third kappa shape index (κ3) is 3.43. The molecule has 3 aromatic rings. The molecule has 0 saturated carbocycles. The number of H-pyrrole nitrogens is 1. The van der Waals surface area contributed by atoms with E-state index >= 15 is 0 Å². The zero-order chi connectivity index (χ0) is 17.8. The lowest BCUT2D eigenvalue weighted by molar-refractivity contribution is 0.0825. The first-order valence-electron chi connectivity index (χ1n) is 7.39. The van der Waals surface area contributed by atoms with Gasteiger partial charge < -0.3 is 14.1 Å². The van der Waals surface area contributed by atoms with Gasteiger partial charge in [0, 0.05) is 24.2 Å². The Hall–Kier alpha value is -3.39. The molecule has 0 aliphatic rings. The van der Waals surface area contributed by atoms with E-state index in [1.807, 2.05) is 0 Å². The number of pyridine rings is 1. The summed E-state index contributed by atoms with van der Waals surface area (Å²) in [6.07, 6.45) is 1.30. The van der Waals surface area contributed by atoms with Crippen molar-refractivity contribution in [1.82, 2.24) is 15.8 Å². The summed E-state index contributed by atoms with van der Waals surface area (Å²) < 4.78 is 10.1. The number of nitrogens with one attached hydrogen (secondary N) is 3. The van der Waals surface area contributed by atoms with Gasteiger partial charge in [0.2, 0.25) is 5.43 Å². The first-order valence-corrected chi connectivity index (χ1v) is 7.39. The molecule has 8 heteroatoms. The van der Waals surface area contributed by atoms with Gasteiger partial charge in [0.15, 0.2) is 5.76 Å². The zero-order valence-corrected chi connectivity index (χ0v) is 13.3. The van der Waals surface area contributed by atoms with Gasteiger partial charge in [-0.3, -0.25) is 25.2 Å². The van der Waals surface area contributed by atoms with Crippen LogP contribution < -0.4 is 16.3 Å². The number of aromatic amines is 1. The van der Waals surface area contributed by atoms with Crippen molar-refractivity contribution in [2.24, 2.45) is 0 Å². The minimum atomic E-state index is -0.732. The second-order valence-electron chi connectivity index (χ2n) is 5.18. The van der Waals surface area contributed by atoms with Crippen LogP contribution in [-0.2, 0) is 11.3 Å². The molecule has 8 nitrogen and oxygen atoms in total. The largest absolute Gasteiger partial charge is 0.453 e. The number of rotatable bonds is 4. The van der Waals surface area contributed by atoms with Crippen molar-refractivity contribution in [2.75, 3.05) is 7.11 Å². The first kappa shape index (κ1) is 16.5. The molecular formula is C17H15N3O5. The number of amides is 2. The van der Waals surface area contributed by atoms with Gasteiger partial charge in [-0.1, -0.05) is 12.1 Å². The number of hydrogen-bond donors (Lipinski definition) is 3. The van der Waals surface area contributed by atoms with Crippen LogP contribution in [0.2, 0.25) is 0 Å². The highest BCUT2D eigenvalue weighted by atomic mass is 16.5. The molecule has 0 saturated heterocycles. The van der Waals surface area contributed by atoms with Crippen molar-refractivity contribution >= 4 is 22.7 Å². The van der Waals surface area contributed by atoms with Crippen molar-refractivity contribution in [2.45, 2.75) is 6.61 Å². The number of furan rings is 1. The molecule has 128 valence electrons. The van der Waals surface area contributed by atoms with E-state index < -0.39 is 17.2 Å². The Balaban J connectivity index is 1.71. The maximum Gasteiger partial charge on any atom is 0.305 e. The SMILES string of the molecule is COCc1ccc(C(=O)NNC(=O)c2c[nH]c3ccccc3c2=O)o1. The fourth-order valence-corrected chi connectivity index (χ4v) is 2.30. The van der Waals surface area contributed by atoms with Gasteiger partial charge in [0.25, 0.3) is 5.91 Å². The summed E-state index contributed by atoms with van der Waals surface area (Å²) in [7, 11) is 1.50. The number of carbonyl (C=O) groups is 2. The van der Waals surface area contributed by atoms with Crippen LogP contribution in [0.3, 0.4) is 0 Å². The van der Waals surface area contributed by atoms with Crippen molar-refractivity contribution < 1.29 is 18.7 Å². The number of hydrogen-bond acceptors (Lipinski definition) is 5. The molecule has 2 aromatic heterocycles. The fourth-order valence-electron chi connectivity index (χ4n) is 2.30. The lowest BCUT2D eigenvalue weighted by Crippen LogP contribution is -2.43. The molecule has 0 aliphatic carbocycles. The summed E-state index contributed by atoms with van der Waals surface area (Å²) >= 11 is 0. The molecule has 0 aliphatic heterocycles. The normalized spacial score (nSPS) is 10.6. The van der Waals surface area contributed by atoms with Gasteiger partial charge in [0.05, 0.1) is 0 Å². The van der Waals surface area contributed by atoms with Gasteiger partial charge in [-0.05, 0) is 24.3 Å². The van der Waals surface area contributed by atoms with Gasteiger partial charge in [0.1, 0.15) is 17.9 Å². The molecule has 0 fully saturated rings. The molecule has 3 rings (SSSR count). The van der Waals surface area contributed by atoms with Crippen LogP contribution in [-0.4, -0.2) is 23.9 Å². The van der Waals surface area contributed by atoms with Gasteiger partial charge >= 0.3 is 5.91 Å². The Morgan fingerprint density at radius 2 is 1.88 bits per heavy atom. The molecule has 0 radical (unpaired) electrons. The number of carbonyl (C=O) groups excluding carboxylic acids is 2. The van der Waals surface area contributed by atoms with Crippen LogP contribution in [0.15, 0.2) is 51.8 Å². The molecule has 0 spiro atoms. The highest BCUT2D eigenvalue weighted by molar-refractivity contribution is 5.99. The van der Waals surface area contributed by atoms with Crippen molar-refractivity contribution in [3.8, 4) is 0 Å². The maximum atomic E-state index is 12.3. The van der Waals surface area contributed by atoms with E-state index in [0.717, 1.165) is 0 Å². The average Bonchev–Trinajstić information content (AvgIpc) is 3.09. The molecule has 3 N–H and O–H groups in total. The van der Waals surface area contributed by atoms with Crippen LogP contribution in [0.1, 0.15) is 26.7 Å². The van der Waals surface area contributed by atoms with Crippen LogP contribution in [0.4, 0.5) is 0 Å². The van der Waals surface area contributed by atoms with E-state index in [9.17, 15) is 14.4 Å². The topological polar surface area (TPSA) is 113 Å². The zero-order valence-electron chi connectivity index (χ0n) is 13.3. The molecular weight excluding hydrogens is 326 g/mol. The highest BCUT2D eigenvalue weighted by Crippen LogP contribution is 2.09. The number of aromatic nitrogens is 1.